The monoisotopic (exact) mass is 491 g/mol. The molecule has 0 fully saturated rings. The number of hydrogen-bond donors (Lipinski definition) is 1. The van der Waals surface area contributed by atoms with Crippen LogP contribution in [0.2, 0.25) is 10.0 Å². The van der Waals surface area contributed by atoms with E-state index in [0.717, 1.165) is 5.56 Å². The summed E-state index contributed by atoms with van der Waals surface area (Å²) in [4.78, 5) is 29.4. The van der Waals surface area contributed by atoms with Gasteiger partial charge in [-0.05, 0) is 37.7 Å². The smallest absolute Gasteiger partial charge is 0.338 e. The summed E-state index contributed by atoms with van der Waals surface area (Å²) in [6, 6.07) is 13.3. The Morgan fingerprint density at radius 1 is 1.16 bits per heavy atom. The second-order valence-electron chi connectivity index (χ2n) is 7.23. The molecule has 0 aliphatic carbocycles. The zero-order chi connectivity index (χ0) is 23.4. The number of nitrogens with one attached hydrogen (secondary N) is 1. The van der Waals surface area contributed by atoms with Crippen molar-refractivity contribution in [3.8, 4) is 0 Å². The summed E-state index contributed by atoms with van der Waals surface area (Å²) in [5.41, 5.74) is 2.16. The molecule has 2 aromatic carbocycles. The summed E-state index contributed by atoms with van der Waals surface area (Å²) >= 11 is 18.3. The number of thiocarbonyl (C=S) groups is 1. The Labute approximate surface area is 202 Å². The molecule has 0 saturated heterocycles. The maximum atomic E-state index is 13.6. The Kier molecular flexibility index (Phi) is 7.77. The third kappa shape index (κ3) is 4.90. The first-order chi connectivity index (χ1) is 15.3. The molecule has 0 aromatic heterocycles. The fourth-order valence-electron chi connectivity index (χ4n) is 3.55. The molecule has 168 valence electrons. The maximum Gasteiger partial charge on any atom is 0.338 e. The normalized spacial score (nSPS) is 16.0. The van der Waals surface area contributed by atoms with E-state index in [9.17, 15) is 9.59 Å². The molecule has 1 atom stereocenters. The van der Waals surface area contributed by atoms with E-state index in [1.54, 1.807) is 39.1 Å². The van der Waals surface area contributed by atoms with Crippen LogP contribution < -0.4 is 5.32 Å². The van der Waals surface area contributed by atoms with Gasteiger partial charge in [-0.25, -0.2) is 9.59 Å². The van der Waals surface area contributed by atoms with Gasteiger partial charge in [-0.1, -0.05) is 65.7 Å². The minimum absolute atomic E-state index is 0.154. The molecule has 3 rings (SSSR count). The van der Waals surface area contributed by atoms with Crippen LogP contribution in [0.25, 0.3) is 0 Å². The highest BCUT2D eigenvalue weighted by Crippen LogP contribution is 2.40. The summed E-state index contributed by atoms with van der Waals surface area (Å²) < 4.78 is 5.29. The molecule has 6 nitrogen and oxygen atoms in total. The van der Waals surface area contributed by atoms with Crippen molar-refractivity contribution in [1.29, 1.82) is 0 Å². The largest absolute Gasteiger partial charge is 0.463 e. The van der Waals surface area contributed by atoms with Crippen molar-refractivity contribution in [3.05, 3.63) is 81.0 Å². The predicted octanol–water partition coefficient (Wildman–Crippen LogP) is 5.31. The lowest BCUT2D eigenvalue weighted by molar-refractivity contribution is -0.139. The number of halogens is 2. The van der Waals surface area contributed by atoms with E-state index < -0.39 is 18.0 Å². The van der Waals surface area contributed by atoms with Crippen LogP contribution in [-0.2, 0) is 16.1 Å². The van der Waals surface area contributed by atoms with Crippen LogP contribution in [0.4, 0.5) is 4.79 Å². The predicted molar refractivity (Wildman–Crippen MR) is 129 cm³/mol. The van der Waals surface area contributed by atoms with Crippen molar-refractivity contribution in [1.82, 2.24) is 15.1 Å². The summed E-state index contributed by atoms with van der Waals surface area (Å²) in [7, 11) is 1.67. The summed E-state index contributed by atoms with van der Waals surface area (Å²) in [6.07, 6.45) is 0. The molecule has 0 saturated carbocycles. The average Bonchev–Trinajstić information content (AvgIpc) is 2.75. The second kappa shape index (κ2) is 10.3. The molecule has 1 aliphatic rings. The van der Waals surface area contributed by atoms with Crippen LogP contribution in [0, 0.1) is 0 Å². The number of nitrogens with zero attached hydrogens (tertiary/aromatic N) is 2. The van der Waals surface area contributed by atoms with Gasteiger partial charge in [-0.3, -0.25) is 4.90 Å². The lowest BCUT2D eigenvalue weighted by atomic mass is 9.94. The quantitative estimate of drug-likeness (QED) is 0.453. The van der Waals surface area contributed by atoms with Crippen molar-refractivity contribution >= 4 is 52.5 Å². The van der Waals surface area contributed by atoms with Crippen molar-refractivity contribution in [2.45, 2.75) is 26.4 Å². The number of carbonyl (C=O) groups excluding carboxylic acids is 2. The van der Waals surface area contributed by atoms with E-state index in [4.69, 9.17) is 40.2 Å². The zero-order valence-electron chi connectivity index (χ0n) is 17.9. The SMILES string of the molecule is CCOC(=O)C1=C(C)NC(=S)N(C(=O)N(C)Cc2ccccc2)C1c1cccc(Cl)c1Cl. The molecule has 2 aromatic rings. The van der Waals surface area contributed by atoms with Crippen molar-refractivity contribution in [2.24, 2.45) is 0 Å². The van der Waals surface area contributed by atoms with E-state index in [0.29, 0.717) is 22.8 Å². The number of rotatable bonds is 5. The Morgan fingerprint density at radius 2 is 1.84 bits per heavy atom. The summed E-state index contributed by atoms with van der Waals surface area (Å²) in [5.74, 6) is -0.565. The molecular weight excluding hydrogens is 469 g/mol. The molecule has 2 amide bonds. The number of urea groups is 1. The number of benzene rings is 2. The van der Waals surface area contributed by atoms with E-state index in [1.807, 2.05) is 30.3 Å². The molecule has 1 aliphatic heterocycles. The lowest BCUT2D eigenvalue weighted by Gasteiger charge is -2.40. The highest BCUT2D eigenvalue weighted by Gasteiger charge is 2.42. The van der Waals surface area contributed by atoms with Gasteiger partial charge < -0.3 is 15.0 Å². The first kappa shape index (κ1) is 24.0. The molecule has 9 heteroatoms. The molecule has 0 bridgehead atoms. The van der Waals surface area contributed by atoms with Gasteiger partial charge in [0, 0.05) is 24.9 Å². The van der Waals surface area contributed by atoms with Gasteiger partial charge >= 0.3 is 12.0 Å². The van der Waals surface area contributed by atoms with Gasteiger partial charge in [0.1, 0.15) is 6.04 Å². The highest BCUT2D eigenvalue weighted by molar-refractivity contribution is 7.80. The molecule has 0 spiro atoms. The fraction of sp³-hybridized carbons (Fsp3) is 0.261. The Balaban J connectivity index is 2.09. The number of carbonyl (C=O) groups is 2. The van der Waals surface area contributed by atoms with Gasteiger partial charge in [0.25, 0.3) is 0 Å². The van der Waals surface area contributed by atoms with Gasteiger partial charge in [0.05, 0.1) is 22.2 Å². The standard InChI is InChI=1S/C23H23Cl2N3O3S/c1-4-31-21(29)18-14(2)26-22(32)28(20(18)16-11-8-12-17(24)19(16)25)23(30)27(3)13-15-9-6-5-7-10-15/h5-12,20H,4,13H2,1-3H3,(H,26,32). The number of ether oxygens (including phenoxy) is 1. The maximum absolute atomic E-state index is 13.6. The third-order valence-corrected chi connectivity index (χ3v) is 6.15. The van der Waals surface area contributed by atoms with Crippen LogP contribution in [0.5, 0.6) is 0 Å². The van der Waals surface area contributed by atoms with Crippen LogP contribution in [-0.4, -0.2) is 40.6 Å². The third-order valence-electron chi connectivity index (χ3n) is 5.02. The molecule has 1 heterocycles. The van der Waals surface area contributed by atoms with Crippen molar-refractivity contribution in [2.75, 3.05) is 13.7 Å². The van der Waals surface area contributed by atoms with E-state index >= 15 is 0 Å². The Morgan fingerprint density at radius 3 is 2.50 bits per heavy atom. The minimum Gasteiger partial charge on any atom is -0.463 e. The van der Waals surface area contributed by atoms with Crippen molar-refractivity contribution < 1.29 is 14.3 Å². The second-order valence-corrected chi connectivity index (χ2v) is 8.40. The van der Waals surface area contributed by atoms with Crippen LogP contribution in [0.1, 0.15) is 31.0 Å². The number of amides is 2. The number of hydrogen-bond acceptors (Lipinski definition) is 4. The lowest BCUT2D eigenvalue weighted by Crippen LogP contribution is -2.54. The molecule has 1 unspecified atom stereocenters. The summed E-state index contributed by atoms with van der Waals surface area (Å²) in [6.45, 7) is 3.95. The van der Waals surface area contributed by atoms with Gasteiger partial charge in [0.2, 0.25) is 0 Å². The Hall–Kier alpha value is -2.61. The van der Waals surface area contributed by atoms with E-state index in [-0.39, 0.29) is 22.3 Å². The van der Waals surface area contributed by atoms with Crippen LogP contribution in [0.3, 0.4) is 0 Å². The fourth-order valence-corrected chi connectivity index (χ4v) is 4.29. The van der Waals surface area contributed by atoms with Gasteiger partial charge in [-0.2, -0.15) is 0 Å². The molecule has 0 radical (unpaired) electrons. The van der Waals surface area contributed by atoms with Crippen LogP contribution >= 0.6 is 35.4 Å². The average molecular weight is 492 g/mol. The highest BCUT2D eigenvalue weighted by atomic mass is 35.5. The summed E-state index contributed by atoms with van der Waals surface area (Å²) in [5, 5.41) is 3.66. The topological polar surface area (TPSA) is 61.9 Å². The first-order valence-electron chi connectivity index (χ1n) is 9.97. The van der Waals surface area contributed by atoms with Gasteiger partial charge in [0.15, 0.2) is 5.11 Å². The number of esters is 1. The molecular formula is C23H23Cl2N3O3S. The Bertz CT molecular complexity index is 1080. The van der Waals surface area contributed by atoms with Crippen LogP contribution in [0.15, 0.2) is 59.8 Å². The van der Waals surface area contributed by atoms with E-state index in [1.165, 1.54) is 9.80 Å². The number of allylic oxidation sites excluding steroid dienone is 1. The molecule has 1 N–H and O–H groups in total. The first-order valence-corrected chi connectivity index (χ1v) is 11.1. The van der Waals surface area contributed by atoms with Crippen molar-refractivity contribution in [3.63, 3.8) is 0 Å². The van der Waals surface area contributed by atoms with Gasteiger partial charge in [-0.15, -0.1) is 0 Å². The minimum atomic E-state index is -0.903. The molecule has 32 heavy (non-hydrogen) atoms. The zero-order valence-corrected chi connectivity index (χ0v) is 20.2. The van der Waals surface area contributed by atoms with E-state index in [2.05, 4.69) is 5.32 Å².